The number of rotatable bonds is 3. The molecule has 1 aliphatic heterocycles. The van der Waals surface area contributed by atoms with Gasteiger partial charge in [-0.2, -0.15) is 5.26 Å². The van der Waals surface area contributed by atoms with Gasteiger partial charge in [0.05, 0.1) is 22.1 Å². The van der Waals surface area contributed by atoms with E-state index in [1.165, 1.54) is 23.1 Å². The van der Waals surface area contributed by atoms with Crippen molar-refractivity contribution in [3.05, 3.63) is 39.4 Å². The molecule has 1 fully saturated rings. The molecule has 1 heterocycles. The van der Waals surface area contributed by atoms with Crippen LogP contribution < -0.4 is 5.32 Å². The van der Waals surface area contributed by atoms with Gasteiger partial charge >= 0.3 is 6.09 Å². The molecule has 0 aromatic heterocycles. The fourth-order valence-electron chi connectivity index (χ4n) is 3.48. The zero-order valence-corrected chi connectivity index (χ0v) is 13.9. The van der Waals surface area contributed by atoms with Crippen molar-refractivity contribution in [2.45, 2.75) is 38.3 Å². The minimum absolute atomic E-state index is 0.128. The van der Waals surface area contributed by atoms with Crippen LogP contribution in [0, 0.1) is 21.4 Å². The van der Waals surface area contributed by atoms with Crippen molar-refractivity contribution >= 4 is 11.8 Å². The van der Waals surface area contributed by atoms with E-state index in [1.807, 2.05) is 6.07 Å². The Morgan fingerprint density at radius 2 is 2.17 bits per heavy atom. The molecule has 0 radical (unpaired) electrons. The lowest BCUT2D eigenvalue weighted by Crippen LogP contribution is -2.58. The smallest absolute Gasteiger partial charge is 0.408 e. The molecule has 0 spiro atoms. The van der Waals surface area contributed by atoms with Gasteiger partial charge in [-0.15, -0.1) is 0 Å². The first-order valence-corrected chi connectivity index (χ1v) is 7.56. The summed E-state index contributed by atoms with van der Waals surface area (Å²) in [6.45, 7) is 6.32. The van der Waals surface area contributed by atoms with Gasteiger partial charge in [-0.3, -0.25) is 15.0 Å². The van der Waals surface area contributed by atoms with Crippen molar-refractivity contribution in [3.8, 4) is 6.07 Å². The molecule has 2 N–H and O–H groups in total. The minimum Gasteiger partial charge on any atom is -0.465 e. The fourth-order valence-corrected chi connectivity index (χ4v) is 3.48. The van der Waals surface area contributed by atoms with Gasteiger partial charge in [0, 0.05) is 24.2 Å². The third kappa shape index (κ3) is 2.90. The number of carboxylic acid groups (broad SMARTS) is 1. The first-order chi connectivity index (χ1) is 11.1. The average Bonchev–Trinajstić information content (AvgIpc) is 2.94. The normalized spacial score (nSPS) is 20.4. The molecule has 8 heteroatoms. The maximum atomic E-state index is 12.0. The summed E-state index contributed by atoms with van der Waals surface area (Å²) in [4.78, 5) is 23.7. The lowest BCUT2D eigenvalue weighted by Gasteiger charge is -2.47. The molecule has 1 aromatic carbocycles. The van der Waals surface area contributed by atoms with Crippen LogP contribution in [0.15, 0.2) is 18.2 Å². The molecule has 1 saturated heterocycles. The quantitative estimate of drug-likeness (QED) is 0.648. The summed E-state index contributed by atoms with van der Waals surface area (Å²) in [6.07, 6.45) is -0.600. The number of benzene rings is 1. The Balaban J connectivity index is 2.70. The molecule has 24 heavy (non-hydrogen) atoms. The molecule has 0 aliphatic carbocycles. The predicted octanol–water partition coefficient (Wildman–Crippen LogP) is 2.43. The fraction of sp³-hybridized carbons (Fsp3) is 0.500. The highest BCUT2D eigenvalue weighted by Crippen LogP contribution is 2.41. The highest BCUT2D eigenvalue weighted by Gasteiger charge is 2.49. The van der Waals surface area contributed by atoms with Crippen LogP contribution in [0.5, 0.6) is 0 Å². The lowest BCUT2D eigenvalue weighted by atomic mass is 9.81. The largest absolute Gasteiger partial charge is 0.465 e. The van der Waals surface area contributed by atoms with Gasteiger partial charge < -0.3 is 10.4 Å². The van der Waals surface area contributed by atoms with Gasteiger partial charge in [-0.25, -0.2) is 4.79 Å². The summed E-state index contributed by atoms with van der Waals surface area (Å²) in [6, 6.07) is 6.02. The monoisotopic (exact) mass is 332 g/mol. The summed E-state index contributed by atoms with van der Waals surface area (Å²) < 4.78 is 0. The number of non-ortho nitro benzene ring substituents is 1. The van der Waals surface area contributed by atoms with E-state index in [1.54, 1.807) is 20.8 Å². The molecular weight excluding hydrogens is 312 g/mol. The van der Waals surface area contributed by atoms with Crippen molar-refractivity contribution in [1.29, 1.82) is 5.26 Å². The van der Waals surface area contributed by atoms with Crippen molar-refractivity contribution < 1.29 is 14.8 Å². The van der Waals surface area contributed by atoms with E-state index in [4.69, 9.17) is 0 Å². The molecule has 0 bridgehead atoms. The van der Waals surface area contributed by atoms with Gasteiger partial charge in [0.1, 0.15) is 0 Å². The van der Waals surface area contributed by atoms with E-state index >= 15 is 0 Å². The van der Waals surface area contributed by atoms with Crippen LogP contribution in [0.1, 0.15) is 38.3 Å². The summed E-state index contributed by atoms with van der Waals surface area (Å²) in [5, 5.41) is 33.4. The number of amides is 1. The molecule has 1 aromatic rings. The lowest BCUT2D eigenvalue weighted by molar-refractivity contribution is -0.384. The van der Waals surface area contributed by atoms with E-state index in [0.29, 0.717) is 25.1 Å². The van der Waals surface area contributed by atoms with E-state index in [2.05, 4.69) is 5.32 Å². The Kier molecular flexibility index (Phi) is 4.49. The topological polar surface area (TPSA) is 120 Å². The van der Waals surface area contributed by atoms with Crippen LogP contribution in [0.25, 0.3) is 0 Å². The highest BCUT2D eigenvalue weighted by atomic mass is 16.6. The maximum absolute atomic E-state index is 12.0. The van der Waals surface area contributed by atoms with Gasteiger partial charge in [-0.05, 0) is 45.4 Å². The molecule has 0 unspecified atom stereocenters. The van der Waals surface area contributed by atoms with E-state index in [9.17, 15) is 25.3 Å². The van der Waals surface area contributed by atoms with Gasteiger partial charge in [0.2, 0.25) is 0 Å². The third-order valence-corrected chi connectivity index (χ3v) is 4.26. The summed E-state index contributed by atoms with van der Waals surface area (Å²) >= 11 is 0. The summed E-state index contributed by atoms with van der Waals surface area (Å²) in [5.41, 5.74) is -1.20. The number of nitro benzene ring substituents is 1. The third-order valence-electron chi connectivity index (χ3n) is 4.26. The molecule has 128 valence electrons. The Morgan fingerprint density at radius 1 is 1.50 bits per heavy atom. The molecule has 1 atom stereocenters. The average molecular weight is 332 g/mol. The van der Waals surface area contributed by atoms with E-state index in [-0.39, 0.29) is 11.3 Å². The van der Waals surface area contributed by atoms with Gasteiger partial charge in [0.25, 0.3) is 5.69 Å². The number of nitrogens with zero attached hydrogens (tertiary/aromatic N) is 3. The second-order valence-electron chi connectivity index (χ2n) is 6.85. The van der Waals surface area contributed by atoms with Crippen LogP contribution in [-0.4, -0.2) is 39.7 Å². The number of nitro groups is 1. The second-order valence-corrected chi connectivity index (χ2v) is 6.85. The number of hydrogen-bond donors (Lipinski definition) is 2. The van der Waals surface area contributed by atoms with Gasteiger partial charge in [-0.1, -0.05) is 0 Å². The van der Waals surface area contributed by atoms with Crippen molar-refractivity contribution in [2.75, 3.05) is 13.1 Å². The van der Waals surface area contributed by atoms with Crippen LogP contribution in [0.2, 0.25) is 0 Å². The van der Waals surface area contributed by atoms with Crippen LogP contribution in [0.4, 0.5) is 10.5 Å². The maximum Gasteiger partial charge on any atom is 0.408 e. The SMILES string of the molecule is CC(C)(C)N(C(=O)O)[C@]1(c2ccc([N+](=O)[O-])cc2C#N)CCNC1. The molecule has 8 nitrogen and oxygen atoms in total. The Bertz CT molecular complexity index is 712. The Morgan fingerprint density at radius 3 is 2.58 bits per heavy atom. The van der Waals surface area contributed by atoms with Crippen LogP contribution in [-0.2, 0) is 5.54 Å². The number of nitriles is 1. The van der Waals surface area contributed by atoms with Crippen molar-refractivity contribution in [2.24, 2.45) is 0 Å². The van der Waals surface area contributed by atoms with Crippen molar-refractivity contribution in [1.82, 2.24) is 10.2 Å². The number of carbonyl (C=O) groups is 1. The standard InChI is InChI=1S/C16H20N4O4/c1-15(2,3)19(14(21)22)16(6-7-18-10-16)13-5-4-12(20(23)24)8-11(13)9-17/h4-5,8,18H,6-7,10H2,1-3H3,(H,21,22)/t16-/m1/s1. The molecule has 1 aliphatic rings. The molecular formula is C16H20N4O4. The minimum atomic E-state index is -1.09. The molecule has 2 rings (SSSR count). The zero-order valence-electron chi connectivity index (χ0n) is 13.9. The zero-order chi connectivity index (χ0) is 18.1. The first-order valence-electron chi connectivity index (χ1n) is 7.56. The highest BCUT2D eigenvalue weighted by molar-refractivity contribution is 5.69. The molecule has 1 amide bonds. The Labute approximate surface area is 139 Å². The van der Waals surface area contributed by atoms with E-state index < -0.39 is 22.1 Å². The predicted molar refractivity (Wildman–Crippen MR) is 86.6 cm³/mol. The summed E-state index contributed by atoms with van der Waals surface area (Å²) in [7, 11) is 0. The van der Waals surface area contributed by atoms with Gasteiger partial charge in [0.15, 0.2) is 0 Å². The molecule has 0 saturated carbocycles. The van der Waals surface area contributed by atoms with Crippen LogP contribution >= 0.6 is 0 Å². The summed E-state index contributed by atoms with van der Waals surface area (Å²) in [5.74, 6) is 0. The number of hydrogen-bond acceptors (Lipinski definition) is 5. The first kappa shape index (κ1) is 17.7. The van der Waals surface area contributed by atoms with E-state index in [0.717, 1.165) is 0 Å². The number of nitrogens with one attached hydrogen (secondary N) is 1. The van der Waals surface area contributed by atoms with Crippen LogP contribution in [0.3, 0.4) is 0 Å². The Hall–Kier alpha value is -2.66. The second kappa shape index (κ2) is 6.09. The van der Waals surface area contributed by atoms with Crippen molar-refractivity contribution in [3.63, 3.8) is 0 Å².